The average Bonchev–Trinajstić information content (AvgIpc) is 2.94. The second-order valence-electron chi connectivity index (χ2n) is 3.66. The van der Waals surface area contributed by atoms with Crippen molar-refractivity contribution in [2.75, 3.05) is 5.08 Å². The molecule has 0 unspecified atom stereocenters. The molecule has 0 radical (unpaired) electrons. The molecule has 1 aliphatic carbocycles. The van der Waals surface area contributed by atoms with Gasteiger partial charge in [-0.25, -0.2) is 0 Å². The van der Waals surface area contributed by atoms with E-state index in [0.717, 1.165) is 0 Å². The van der Waals surface area contributed by atoms with Crippen molar-refractivity contribution in [1.29, 1.82) is 0 Å². The third kappa shape index (κ3) is 1.84. The van der Waals surface area contributed by atoms with Gasteiger partial charge in [-0.15, -0.1) is 23.5 Å². The lowest BCUT2D eigenvalue weighted by atomic mass is 10.4. The van der Waals surface area contributed by atoms with Crippen LogP contribution in [0.5, 0.6) is 0 Å². The van der Waals surface area contributed by atoms with Crippen LogP contribution in [0.25, 0.3) is 0 Å². The molecule has 0 amide bonds. The Morgan fingerprint density at radius 3 is 1.81 bits per heavy atom. The summed E-state index contributed by atoms with van der Waals surface area (Å²) >= 11 is 12.2. The lowest BCUT2D eigenvalue weighted by Crippen LogP contribution is -1.73. The topological polar surface area (TPSA) is 0 Å². The van der Waals surface area contributed by atoms with Crippen molar-refractivity contribution >= 4 is 70.6 Å². The monoisotopic (exact) mass is 320 g/mol. The average molecular weight is 321 g/mol. The lowest BCUT2D eigenvalue weighted by Gasteiger charge is -2.05. The SMILES string of the molecule is C1CC2=C(C1)SC(=C1SC3=C(SCS3)S1)S2. The van der Waals surface area contributed by atoms with E-state index in [0.29, 0.717) is 0 Å². The van der Waals surface area contributed by atoms with Gasteiger partial charge in [-0.05, 0) is 19.3 Å². The zero-order valence-corrected chi connectivity index (χ0v) is 13.2. The molecule has 0 aromatic heterocycles. The predicted molar refractivity (Wildman–Crippen MR) is 85.3 cm³/mol. The third-order valence-electron chi connectivity index (χ3n) is 2.63. The molecular weight excluding hydrogens is 313 g/mol. The maximum absolute atomic E-state index is 2.05. The molecule has 3 heterocycles. The molecule has 0 saturated carbocycles. The first-order chi connectivity index (χ1) is 7.90. The molecule has 0 aromatic carbocycles. The minimum atomic E-state index is 1.22. The molecule has 0 aromatic rings. The number of thioether (sulfide) groups is 6. The Labute approximate surface area is 121 Å². The van der Waals surface area contributed by atoms with Crippen LogP contribution in [0.3, 0.4) is 0 Å². The van der Waals surface area contributed by atoms with Crippen molar-refractivity contribution in [2.45, 2.75) is 19.3 Å². The number of hydrogen-bond donors (Lipinski definition) is 0. The van der Waals surface area contributed by atoms with Crippen LogP contribution in [-0.2, 0) is 0 Å². The molecule has 0 nitrogen and oxygen atoms in total. The zero-order valence-electron chi connectivity index (χ0n) is 8.28. The molecule has 0 atom stereocenters. The van der Waals surface area contributed by atoms with Crippen LogP contribution in [0.4, 0.5) is 0 Å². The first-order valence-electron chi connectivity index (χ1n) is 5.08. The molecule has 0 saturated heterocycles. The van der Waals surface area contributed by atoms with Gasteiger partial charge in [0.15, 0.2) is 0 Å². The Bertz CT molecular complexity index is 380. The van der Waals surface area contributed by atoms with E-state index in [9.17, 15) is 0 Å². The largest absolute Gasteiger partial charge is 0.106 e. The summed E-state index contributed by atoms with van der Waals surface area (Å²) in [6, 6.07) is 0. The summed E-state index contributed by atoms with van der Waals surface area (Å²) in [5.74, 6) is 0. The smallest absolute Gasteiger partial charge is 0.0717 e. The van der Waals surface area contributed by atoms with E-state index in [4.69, 9.17) is 0 Å². The maximum atomic E-state index is 2.05. The highest BCUT2D eigenvalue weighted by molar-refractivity contribution is 8.46. The van der Waals surface area contributed by atoms with Gasteiger partial charge < -0.3 is 0 Å². The summed E-state index contributed by atoms with van der Waals surface area (Å²) in [5, 5.41) is 1.22. The molecule has 16 heavy (non-hydrogen) atoms. The van der Waals surface area contributed by atoms with Crippen molar-refractivity contribution in [3.05, 3.63) is 26.8 Å². The van der Waals surface area contributed by atoms with Crippen LogP contribution in [0, 0.1) is 0 Å². The van der Waals surface area contributed by atoms with E-state index in [1.165, 1.54) is 24.3 Å². The van der Waals surface area contributed by atoms with Crippen molar-refractivity contribution in [2.24, 2.45) is 0 Å². The van der Waals surface area contributed by atoms with Gasteiger partial charge in [0.25, 0.3) is 0 Å². The van der Waals surface area contributed by atoms with Crippen molar-refractivity contribution in [3.8, 4) is 0 Å². The molecule has 84 valence electrons. The second kappa shape index (κ2) is 4.46. The van der Waals surface area contributed by atoms with E-state index in [2.05, 4.69) is 23.5 Å². The zero-order chi connectivity index (χ0) is 10.5. The van der Waals surface area contributed by atoms with Crippen LogP contribution in [0.2, 0.25) is 0 Å². The summed E-state index contributed by atoms with van der Waals surface area (Å²) < 4.78 is 6.24. The molecule has 0 spiro atoms. The molecular formula is C10H8S6. The lowest BCUT2D eigenvalue weighted by molar-refractivity contribution is 0.921. The number of hydrogen-bond acceptors (Lipinski definition) is 6. The van der Waals surface area contributed by atoms with E-state index in [1.807, 2.05) is 47.0 Å². The Hall–Kier alpha value is 1.32. The maximum Gasteiger partial charge on any atom is 0.0717 e. The number of rotatable bonds is 0. The molecule has 0 bridgehead atoms. The van der Waals surface area contributed by atoms with Gasteiger partial charge in [-0.2, -0.15) is 0 Å². The summed E-state index contributed by atoms with van der Waals surface area (Å²) in [4.78, 5) is 3.34. The van der Waals surface area contributed by atoms with Crippen molar-refractivity contribution in [3.63, 3.8) is 0 Å². The van der Waals surface area contributed by atoms with Crippen LogP contribution >= 0.6 is 70.6 Å². The van der Waals surface area contributed by atoms with E-state index >= 15 is 0 Å². The van der Waals surface area contributed by atoms with Gasteiger partial charge in [0, 0.05) is 14.9 Å². The van der Waals surface area contributed by atoms with Crippen LogP contribution in [0.15, 0.2) is 26.8 Å². The highest BCUT2D eigenvalue weighted by Crippen LogP contribution is 2.67. The molecule has 6 heteroatoms. The van der Waals surface area contributed by atoms with Gasteiger partial charge in [0.05, 0.1) is 16.9 Å². The Kier molecular flexibility index (Phi) is 3.11. The first kappa shape index (κ1) is 11.2. The quantitative estimate of drug-likeness (QED) is 0.530. The molecule has 0 N–H and O–H groups in total. The summed E-state index contributed by atoms with van der Waals surface area (Å²) in [5.41, 5.74) is 0. The normalized spacial score (nSPS) is 28.5. The van der Waals surface area contributed by atoms with Gasteiger partial charge >= 0.3 is 0 Å². The summed E-state index contributed by atoms with van der Waals surface area (Å²) in [6.45, 7) is 0. The summed E-state index contributed by atoms with van der Waals surface area (Å²) in [6.07, 6.45) is 4.04. The van der Waals surface area contributed by atoms with E-state index in [-0.39, 0.29) is 0 Å². The first-order valence-corrected chi connectivity index (χ1v) is 10.3. The van der Waals surface area contributed by atoms with Crippen molar-refractivity contribution < 1.29 is 0 Å². The third-order valence-corrected chi connectivity index (χ3v) is 11.6. The van der Waals surface area contributed by atoms with Crippen LogP contribution in [0.1, 0.15) is 19.3 Å². The Morgan fingerprint density at radius 2 is 1.19 bits per heavy atom. The summed E-state index contributed by atoms with van der Waals surface area (Å²) in [7, 11) is 0. The minimum absolute atomic E-state index is 1.22. The molecule has 0 fully saturated rings. The van der Waals surface area contributed by atoms with Gasteiger partial charge in [0.2, 0.25) is 0 Å². The molecule has 4 aliphatic rings. The van der Waals surface area contributed by atoms with Gasteiger partial charge in [0.1, 0.15) is 0 Å². The predicted octanol–water partition coefficient (Wildman–Crippen LogP) is 6.03. The van der Waals surface area contributed by atoms with E-state index < -0.39 is 0 Å². The van der Waals surface area contributed by atoms with Crippen LogP contribution in [-0.4, -0.2) is 5.08 Å². The standard InChI is InChI=1S/C10H8S6/c1-2-5-6(3-1)14-9(13-5)10-15-7-8(16-10)12-4-11-7/h1-4H2. The minimum Gasteiger partial charge on any atom is -0.106 e. The van der Waals surface area contributed by atoms with Crippen molar-refractivity contribution in [1.82, 2.24) is 0 Å². The molecule has 3 aliphatic heterocycles. The van der Waals surface area contributed by atoms with Crippen LogP contribution < -0.4 is 0 Å². The highest BCUT2D eigenvalue weighted by Gasteiger charge is 2.33. The van der Waals surface area contributed by atoms with E-state index in [1.54, 1.807) is 26.8 Å². The Morgan fingerprint density at radius 1 is 0.625 bits per heavy atom. The van der Waals surface area contributed by atoms with Gasteiger partial charge in [-0.1, -0.05) is 47.0 Å². The number of allylic oxidation sites excluding steroid dienone is 2. The fourth-order valence-electron chi connectivity index (χ4n) is 1.90. The highest BCUT2D eigenvalue weighted by atomic mass is 32.3. The second-order valence-corrected chi connectivity index (χ2v) is 11.3. The fraction of sp³-hybridized carbons (Fsp3) is 0.400. The fourth-order valence-corrected chi connectivity index (χ4v) is 11.5. The molecule has 4 rings (SSSR count). The Balaban J connectivity index is 1.56. The van der Waals surface area contributed by atoms with Gasteiger partial charge in [-0.3, -0.25) is 0 Å².